The van der Waals surface area contributed by atoms with E-state index in [-0.39, 0.29) is 18.0 Å². The molecule has 0 saturated heterocycles. The number of aryl methyl sites for hydroxylation is 2. The van der Waals surface area contributed by atoms with Gasteiger partial charge >= 0.3 is 6.03 Å². The summed E-state index contributed by atoms with van der Waals surface area (Å²) in [7, 11) is 1.77. The summed E-state index contributed by atoms with van der Waals surface area (Å²) < 4.78 is 1.62. The molecule has 0 aliphatic carbocycles. The van der Waals surface area contributed by atoms with Gasteiger partial charge in [0.05, 0.1) is 18.2 Å². The van der Waals surface area contributed by atoms with Gasteiger partial charge in [-0.2, -0.15) is 5.10 Å². The minimum absolute atomic E-state index is 0.00193. The molecule has 3 rings (SSSR count). The normalized spacial score (nSPS) is 14.1. The van der Waals surface area contributed by atoms with Gasteiger partial charge in [0.1, 0.15) is 5.82 Å². The molecule has 2 heterocycles. The van der Waals surface area contributed by atoms with Crippen LogP contribution in [0.5, 0.6) is 0 Å². The number of nitrogens with one attached hydrogen (secondary N) is 3. The van der Waals surface area contributed by atoms with Crippen molar-refractivity contribution >= 4 is 23.4 Å². The molecule has 2 aromatic rings. The quantitative estimate of drug-likeness (QED) is 0.811. The fraction of sp³-hybridized carbons (Fsp3) is 0.312. The minimum atomic E-state index is -0.296. The third-order valence-corrected chi connectivity index (χ3v) is 3.85. The molecule has 0 spiro atoms. The van der Waals surface area contributed by atoms with Crippen molar-refractivity contribution in [3.8, 4) is 0 Å². The Bertz CT molecular complexity index is 781. The highest BCUT2D eigenvalue weighted by Gasteiger charge is 2.19. The molecule has 7 nitrogen and oxygen atoms in total. The number of hydrogen-bond donors (Lipinski definition) is 3. The summed E-state index contributed by atoms with van der Waals surface area (Å²) in [6.07, 6.45) is 0.385. The van der Waals surface area contributed by atoms with Crippen molar-refractivity contribution in [2.24, 2.45) is 7.05 Å². The van der Waals surface area contributed by atoms with E-state index in [4.69, 9.17) is 0 Å². The van der Waals surface area contributed by atoms with Crippen LogP contribution >= 0.6 is 0 Å². The van der Waals surface area contributed by atoms with E-state index in [1.54, 1.807) is 17.8 Å². The number of carbonyl (C=O) groups excluding carboxylic acids is 2. The van der Waals surface area contributed by atoms with Crippen molar-refractivity contribution in [1.29, 1.82) is 0 Å². The fourth-order valence-corrected chi connectivity index (χ4v) is 2.68. The largest absolute Gasteiger partial charge is 0.331 e. The number of urea groups is 1. The summed E-state index contributed by atoms with van der Waals surface area (Å²) >= 11 is 0. The maximum atomic E-state index is 12.1. The van der Waals surface area contributed by atoms with E-state index in [0.717, 1.165) is 22.5 Å². The summed E-state index contributed by atoms with van der Waals surface area (Å²) in [6.45, 7) is 3.77. The highest BCUT2D eigenvalue weighted by Crippen LogP contribution is 2.26. The number of nitrogens with zero attached hydrogens (tertiary/aromatic N) is 2. The van der Waals surface area contributed by atoms with Gasteiger partial charge in [-0.1, -0.05) is 12.1 Å². The van der Waals surface area contributed by atoms with Crippen LogP contribution in [0.4, 0.5) is 16.3 Å². The van der Waals surface area contributed by atoms with Crippen LogP contribution in [0.15, 0.2) is 24.3 Å². The van der Waals surface area contributed by atoms with Gasteiger partial charge in [-0.15, -0.1) is 0 Å². The van der Waals surface area contributed by atoms with E-state index in [2.05, 4.69) is 21.0 Å². The number of amides is 3. The van der Waals surface area contributed by atoms with Gasteiger partial charge in [0.25, 0.3) is 0 Å². The van der Waals surface area contributed by atoms with Gasteiger partial charge < -0.3 is 10.6 Å². The predicted molar refractivity (Wildman–Crippen MR) is 87.3 cm³/mol. The molecule has 0 bridgehead atoms. The second kappa shape index (κ2) is 5.75. The summed E-state index contributed by atoms with van der Waals surface area (Å²) in [5, 5.41) is 12.6. The van der Waals surface area contributed by atoms with Crippen LogP contribution < -0.4 is 16.0 Å². The number of aromatic nitrogens is 2. The zero-order chi connectivity index (χ0) is 16.6. The van der Waals surface area contributed by atoms with Crippen LogP contribution in [-0.4, -0.2) is 21.7 Å². The molecule has 7 heteroatoms. The Labute approximate surface area is 134 Å². The second-order valence-corrected chi connectivity index (χ2v) is 5.76. The van der Waals surface area contributed by atoms with Crippen molar-refractivity contribution in [2.45, 2.75) is 26.3 Å². The number of hydrogen-bond acceptors (Lipinski definition) is 3. The molecule has 3 amide bonds. The van der Waals surface area contributed by atoms with Gasteiger partial charge in [0, 0.05) is 18.8 Å². The van der Waals surface area contributed by atoms with E-state index in [0.29, 0.717) is 12.2 Å². The Kier molecular flexibility index (Phi) is 3.77. The SMILES string of the molecule is Cc1cc(NC(=O)N[C@@H](C)c2ccc3c(c2)CC(=O)N3)n(C)n1. The van der Waals surface area contributed by atoms with Crippen molar-refractivity contribution in [1.82, 2.24) is 15.1 Å². The van der Waals surface area contributed by atoms with Crippen LogP contribution in [0.1, 0.15) is 29.8 Å². The Hall–Kier alpha value is -2.83. The molecule has 23 heavy (non-hydrogen) atoms. The highest BCUT2D eigenvalue weighted by atomic mass is 16.2. The van der Waals surface area contributed by atoms with E-state index in [1.807, 2.05) is 32.0 Å². The third kappa shape index (κ3) is 3.18. The fourth-order valence-electron chi connectivity index (χ4n) is 2.68. The number of benzene rings is 1. The van der Waals surface area contributed by atoms with E-state index >= 15 is 0 Å². The third-order valence-electron chi connectivity index (χ3n) is 3.85. The minimum Gasteiger partial charge on any atom is -0.331 e. The van der Waals surface area contributed by atoms with Gasteiger partial charge in [-0.3, -0.25) is 14.8 Å². The Morgan fingerprint density at radius 2 is 2.17 bits per heavy atom. The van der Waals surface area contributed by atoms with Crippen LogP contribution in [0.25, 0.3) is 0 Å². The average molecular weight is 313 g/mol. The van der Waals surface area contributed by atoms with Crippen molar-refractivity contribution in [2.75, 3.05) is 10.6 Å². The second-order valence-electron chi connectivity index (χ2n) is 5.76. The van der Waals surface area contributed by atoms with E-state index < -0.39 is 0 Å². The first-order valence-electron chi connectivity index (χ1n) is 7.43. The number of fused-ring (bicyclic) bond motifs is 1. The zero-order valence-corrected chi connectivity index (χ0v) is 13.3. The van der Waals surface area contributed by atoms with Crippen molar-refractivity contribution in [3.63, 3.8) is 0 Å². The first kappa shape index (κ1) is 15.1. The zero-order valence-electron chi connectivity index (χ0n) is 13.3. The van der Waals surface area contributed by atoms with Gasteiger partial charge in [0.15, 0.2) is 0 Å². The molecule has 0 unspecified atom stereocenters. The maximum Gasteiger partial charge on any atom is 0.320 e. The summed E-state index contributed by atoms with van der Waals surface area (Å²) in [5.74, 6) is 0.637. The maximum absolute atomic E-state index is 12.1. The molecule has 1 aliphatic heterocycles. The molecule has 3 N–H and O–H groups in total. The summed E-state index contributed by atoms with van der Waals surface area (Å²) in [4.78, 5) is 23.5. The lowest BCUT2D eigenvalue weighted by Gasteiger charge is -2.16. The monoisotopic (exact) mass is 313 g/mol. The highest BCUT2D eigenvalue weighted by molar-refractivity contribution is 5.99. The smallest absolute Gasteiger partial charge is 0.320 e. The lowest BCUT2D eigenvalue weighted by molar-refractivity contribution is -0.115. The van der Waals surface area contributed by atoms with Crippen LogP contribution in [-0.2, 0) is 18.3 Å². The molecule has 0 radical (unpaired) electrons. The Balaban J connectivity index is 1.66. The standard InChI is InChI=1S/C16H19N5O2/c1-9-6-14(21(3)20-9)19-16(23)17-10(2)11-4-5-13-12(7-11)8-15(22)18-13/h4-7,10H,8H2,1-3H3,(H,18,22)(H2,17,19,23)/t10-/m0/s1. The molecule has 1 aromatic heterocycles. The van der Waals surface area contributed by atoms with Gasteiger partial charge in [0.2, 0.25) is 5.91 Å². The number of carbonyl (C=O) groups is 2. The summed E-state index contributed by atoms with van der Waals surface area (Å²) in [5.41, 5.74) is 3.60. The lowest BCUT2D eigenvalue weighted by Crippen LogP contribution is -2.31. The lowest BCUT2D eigenvalue weighted by atomic mass is 10.0. The van der Waals surface area contributed by atoms with E-state index in [1.165, 1.54) is 0 Å². The van der Waals surface area contributed by atoms with Crippen molar-refractivity contribution in [3.05, 3.63) is 41.1 Å². The van der Waals surface area contributed by atoms with Crippen LogP contribution in [0.3, 0.4) is 0 Å². The van der Waals surface area contributed by atoms with Gasteiger partial charge in [-0.05, 0) is 31.0 Å². The molecule has 1 atom stereocenters. The number of rotatable bonds is 3. The van der Waals surface area contributed by atoms with Crippen molar-refractivity contribution < 1.29 is 9.59 Å². The molecule has 0 fully saturated rings. The topological polar surface area (TPSA) is 88.0 Å². The first-order valence-corrected chi connectivity index (χ1v) is 7.43. The van der Waals surface area contributed by atoms with Gasteiger partial charge in [-0.25, -0.2) is 4.79 Å². The Morgan fingerprint density at radius 1 is 1.39 bits per heavy atom. The molecule has 120 valence electrons. The summed E-state index contributed by atoms with van der Waals surface area (Å²) in [6, 6.07) is 7.06. The van der Waals surface area contributed by atoms with E-state index in [9.17, 15) is 9.59 Å². The first-order chi connectivity index (χ1) is 10.9. The molecule has 1 aliphatic rings. The molecular formula is C16H19N5O2. The average Bonchev–Trinajstić information content (AvgIpc) is 2.99. The Morgan fingerprint density at radius 3 is 2.87 bits per heavy atom. The molecular weight excluding hydrogens is 294 g/mol. The molecule has 0 saturated carbocycles. The predicted octanol–water partition coefficient (Wildman–Crippen LogP) is 2.11. The molecule has 1 aromatic carbocycles. The number of anilines is 2. The van der Waals surface area contributed by atoms with Crippen LogP contribution in [0, 0.1) is 6.92 Å². The van der Waals surface area contributed by atoms with Crippen LogP contribution in [0.2, 0.25) is 0 Å².